The zero-order valence-corrected chi connectivity index (χ0v) is 13.7. The average molecular weight is 341 g/mol. The van der Waals surface area contributed by atoms with Crippen LogP contribution < -0.4 is 11.6 Å². The topological polar surface area (TPSA) is 116 Å². The normalized spacial score (nSPS) is 20.9. The minimum absolute atomic E-state index is 0.283. The molecule has 0 saturated carbocycles. The lowest BCUT2D eigenvalue weighted by molar-refractivity contribution is -0.198. The fourth-order valence-electron chi connectivity index (χ4n) is 2.99. The zero-order chi connectivity index (χ0) is 18.1. The number of Topliss-reactive ketones (excluding diaryl/α,β-unsaturated/α-hetero) is 1. The molecule has 130 valence electrons. The molecular weight excluding hydrogens is 322 g/mol. The maximum Gasteiger partial charge on any atom is 0.304 e. The van der Waals surface area contributed by atoms with Crippen molar-refractivity contribution in [3.8, 4) is 0 Å². The molecule has 0 aliphatic carbocycles. The molecule has 4 N–H and O–H groups in total. The van der Waals surface area contributed by atoms with Gasteiger partial charge in [0.25, 0.3) is 5.91 Å². The van der Waals surface area contributed by atoms with Crippen molar-refractivity contribution in [3.63, 3.8) is 0 Å². The number of carbonyl (C=O) groups is 3. The third-order valence-electron chi connectivity index (χ3n) is 4.31. The van der Waals surface area contributed by atoms with Crippen molar-refractivity contribution < 1.29 is 19.1 Å². The van der Waals surface area contributed by atoms with Crippen LogP contribution in [0.1, 0.15) is 12.5 Å². The number of hydrogen-bond donors (Lipinski definition) is 2. The largest absolute Gasteiger partial charge is 0.439 e. The molecule has 2 aromatic rings. The lowest BCUT2D eigenvalue weighted by atomic mass is 9.86. The van der Waals surface area contributed by atoms with E-state index in [0.29, 0.717) is 0 Å². The number of fused-ring (bicyclic) bond motifs is 1. The van der Waals surface area contributed by atoms with Crippen molar-refractivity contribution in [2.75, 3.05) is 0 Å². The monoisotopic (exact) mass is 341 g/mol. The summed E-state index contributed by atoms with van der Waals surface area (Å²) < 4.78 is 4.93. The summed E-state index contributed by atoms with van der Waals surface area (Å²) >= 11 is 0. The Labute approximate surface area is 144 Å². The summed E-state index contributed by atoms with van der Waals surface area (Å²) in [7, 11) is 0. The molecule has 0 unspecified atom stereocenters. The van der Waals surface area contributed by atoms with Crippen LogP contribution in [-0.2, 0) is 25.5 Å². The number of nitrogens with zero attached hydrogens (tertiary/aromatic N) is 1. The number of benzene rings is 2. The number of hydrogen-bond acceptors (Lipinski definition) is 6. The van der Waals surface area contributed by atoms with Crippen molar-refractivity contribution in [1.82, 2.24) is 5.01 Å². The van der Waals surface area contributed by atoms with Crippen LogP contribution in [0.5, 0.6) is 0 Å². The average Bonchev–Trinajstić information content (AvgIpc) is 2.60. The van der Waals surface area contributed by atoms with Crippen LogP contribution in [0.3, 0.4) is 0 Å². The molecule has 25 heavy (non-hydrogen) atoms. The number of rotatable bonds is 5. The Morgan fingerprint density at radius 1 is 1.20 bits per heavy atom. The van der Waals surface area contributed by atoms with E-state index in [1.807, 2.05) is 42.5 Å². The molecule has 1 aliphatic heterocycles. The maximum absolute atomic E-state index is 12.5. The predicted molar refractivity (Wildman–Crippen MR) is 90.7 cm³/mol. The van der Waals surface area contributed by atoms with Gasteiger partial charge in [0.1, 0.15) is 0 Å². The van der Waals surface area contributed by atoms with E-state index in [0.717, 1.165) is 21.3 Å². The van der Waals surface area contributed by atoms with Crippen LogP contribution in [0, 0.1) is 5.92 Å². The quantitative estimate of drug-likeness (QED) is 0.269. The van der Waals surface area contributed by atoms with Gasteiger partial charge in [-0.05, 0) is 22.8 Å². The fraction of sp³-hybridized carbons (Fsp3) is 0.278. The van der Waals surface area contributed by atoms with E-state index in [9.17, 15) is 14.4 Å². The Balaban J connectivity index is 1.73. The number of nitrogens with two attached hydrogens (primary N) is 2. The fourth-order valence-corrected chi connectivity index (χ4v) is 2.99. The van der Waals surface area contributed by atoms with Crippen LogP contribution in [0.15, 0.2) is 42.5 Å². The number of hydrazine groups is 1. The Hall–Kier alpha value is -2.77. The van der Waals surface area contributed by atoms with Gasteiger partial charge >= 0.3 is 5.97 Å². The molecule has 0 bridgehead atoms. The summed E-state index contributed by atoms with van der Waals surface area (Å²) in [6, 6.07) is 12.8. The minimum Gasteiger partial charge on any atom is -0.439 e. The summed E-state index contributed by atoms with van der Waals surface area (Å²) in [6.45, 7) is 1.19. The highest BCUT2D eigenvalue weighted by atomic mass is 16.6. The third kappa shape index (κ3) is 3.24. The van der Waals surface area contributed by atoms with Gasteiger partial charge < -0.3 is 10.5 Å². The Morgan fingerprint density at radius 3 is 2.56 bits per heavy atom. The first-order valence-corrected chi connectivity index (χ1v) is 7.90. The van der Waals surface area contributed by atoms with Crippen LogP contribution >= 0.6 is 0 Å². The summed E-state index contributed by atoms with van der Waals surface area (Å²) in [6.07, 6.45) is -0.801. The van der Waals surface area contributed by atoms with Crippen molar-refractivity contribution in [2.45, 2.75) is 25.6 Å². The molecule has 7 nitrogen and oxygen atoms in total. The zero-order valence-electron chi connectivity index (χ0n) is 13.7. The second-order valence-electron chi connectivity index (χ2n) is 6.12. The summed E-state index contributed by atoms with van der Waals surface area (Å²) in [4.78, 5) is 35.5. The molecule has 2 aromatic carbocycles. The number of esters is 1. The Morgan fingerprint density at radius 2 is 1.88 bits per heavy atom. The van der Waals surface area contributed by atoms with Crippen LogP contribution in [0.2, 0.25) is 0 Å². The standard InChI is InChI=1S/C18H19N3O4/c1-10(22)25-18-15(17(24)21(18)20)16(23)14(19)9-11-6-7-12-4-2-3-5-13(12)8-11/h2-8,14-15,18H,9,19-20H2,1H3/t14-,15-,18-/m0/s1. The molecule has 7 heteroatoms. The highest BCUT2D eigenvalue weighted by Crippen LogP contribution is 2.27. The van der Waals surface area contributed by atoms with Crippen molar-refractivity contribution in [2.24, 2.45) is 17.5 Å². The number of carbonyl (C=O) groups excluding carboxylic acids is 3. The van der Waals surface area contributed by atoms with Gasteiger partial charge in [-0.2, -0.15) is 0 Å². The molecule has 3 atom stereocenters. The summed E-state index contributed by atoms with van der Waals surface area (Å²) in [5.74, 6) is 2.65. The van der Waals surface area contributed by atoms with Crippen molar-refractivity contribution >= 4 is 28.4 Å². The number of amides is 1. The SMILES string of the molecule is CC(=O)O[C@H]1[C@@H](C(=O)[C@@H](N)Cc2ccc3ccccc3c2)C(=O)N1N. The van der Waals surface area contributed by atoms with E-state index in [1.165, 1.54) is 6.92 Å². The predicted octanol–water partition coefficient (Wildman–Crippen LogP) is 0.500. The van der Waals surface area contributed by atoms with E-state index in [-0.39, 0.29) is 6.42 Å². The summed E-state index contributed by atoms with van der Waals surface area (Å²) in [5.41, 5.74) is 6.89. The van der Waals surface area contributed by atoms with Gasteiger partial charge in [-0.15, -0.1) is 0 Å². The first-order chi connectivity index (χ1) is 11.9. The van der Waals surface area contributed by atoms with Crippen molar-refractivity contribution in [1.29, 1.82) is 0 Å². The first-order valence-electron chi connectivity index (χ1n) is 7.90. The van der Waals surface area contributed by atoms with Gasteiger partial charge in [-0.3, -0.25) is 14.4 Å². The molecular formula is C18H19N3O4. The number of β-lactam (4-membered cyclic amide) rings is 1. The Kier molecular flexibility index (Phi) is 4.52. The van der Waals surface area contributed by atoms with Crippen LogP contribution in [-0.4, -0.2) is 34.9 Å². The van der Waals surface area contributed by atoms with Crippen LogP contribution in [0.25, 0.3) is 10.8 Å². The van der Waals surface area contributed by atoms with E-state index in [4.69, 9.17) is 16.3 Å². The molecule has 1 aliphatic rings. The maximum atomic E-state index is 12.5. The molecule has 1 heterocycles. The highest BCUT2D eigenvalue weighted by Gasteiger charge is 2.53. The van der Waals surface area contributed by atoms with Gasteiger partial charge in [0.15, 0.2) is 11.7 Å². The molecule has 3 rings (SSSR count). The second kappa shape index (κ2) is 6.62. The minimum atomic E-state index is -1.13. The second-order valence-corrected chi connectivity index (χ2v) is 6.12. The van der Waals surface area contributed by atoms with Gasteiger partial charge in [-0.25, -0.2) is 10.9 Å². The van der Waals surface area contributed by atoms with Crippen LogP contribution in [0.4, 0.5) is 0 Å². The highest BCUT2D eigenvalue weighted by molar-refractivity contribution is 6.08. The van der Waals surface area contributed by atoms with E-state index in [2.05, 4.69) is 0 Å². The van der Waals surface area contributed by atoms with Gasteiger partial charge in [0.05, 0.1) is 6.04 Å². The van der Waals surface area contributed by atoms with Crippen molar-refractivity contribution in [3.05, 3.63) is 48.0 Å². The molecule has 1 saturated heterocycles. The van der Waals surface area contributed by atoms with Gasteiger partial charge in [0.2, 0.25) is 6.23 Å². The molecule has 0 spiro atoms. The number of ketones is 1. The first kappa shape index (κ1) is 17.1. The van der Waals surface area contributed by atoms with E-state index in [1.54, 1.807) is 0 Å². The molecule has 1 amide bonds. The summed E-state index contributed by atoms with van der Waals surface area (Å²) in [5, 5.41) is 2.88. The lowest BCUT2D eigenvalue weighted by Crippen LogP contribution is -2.69. The Bertz CT molecular complexity index is 851. The van der Waals surface area contributed by atoms with E-state index < -0.39 is 35.8 Å². The molecule has 0 radical (unpaired) electrons. The van der Waals surface area contributed by atoms with Gasteiger partial charge in [-0.1, -0.05) is 42.5 Å². The molecule has 0 aromatic heterocycles. The van der Waals surface area contributed by atoms with E-state index >= 15 is 0 Å². The smallest absolute Gasteiger partial charge is 0.304 e. The van der Waals surface area contributed by atoms with Gasteiger partial charge in [0, 0.05) is 6.92 Å². The number of ether oxygens (including phenoxy) is 1. The lowest BCUT2D eigenvalue weighted by Gasteiger charge is -2.42. The molecule has 1 fully saturated rings. The third-order valence-corrected chi connectivity index (χ3v) is 4.31.